The van der Waals surface area contributed by atoms with Gasteiger partial charge in [0.25, 0.3) is 5.91 Å². The van der Waals surface area contributed by atoms with E-state index >= 15 is 0 Å². The number of benzene rings is 2. The highest BCUT2D eigenvalue weighted by atomic mass is 16.4. The summed E-state index contributed by atoms with van der Waals surface area (Å²) in [7, 11) is 0. The fraction of sp³-hybridized carbons (Fsp3) is 0.158. The minimum Gasteiger partial charge on any atom is -0.481 e. The fourth-order valence-electron chi connectivity index (χ4n) is 2.61. The van der Waals surface area contributed by atoms with E-state index in [1.54, 1.807) is 0 Å². The lowest BCUT2D eigenvalue weighted by molar-refractivity contribution is -0.141. The van der Waals surface area contributed by atoms with Crippen molar-refractivity contribution in [2.24, 2.45) is 5.92 Å². The summed E-state index contributed by atoms with van der Waals surface area (Å²) in [4.78, 5) is 23.4. The zero-order valence-electron chi connectivity index (χ0n) is 12.9. The van der Waals surface area contributed by atoms with Crippen molar-refractivity contribution in [1.82, 2.24) is 5.32 Å². The van der Waals surface area contributed by atoms with Gasteiger partial charge < -0.3 is 14.8 Å². The molecule has 1 atom stereocenters. The lowest BCUT2D eigenvalue weighted by Crippen LogP contribution is -2.33. The van der Waals surface area contributed by atoms with Crippen molar-refractivity contribution < 1.29 is 19.1 Å². The monoisotopic (exact) mass is 323 g/mol. The van der Waals surface area contributed by atoms with Crippen LogP contribution in [0.1, 0.15) is 15.9 Å². The highest BCUT2D eigenvalue weighted by Gasteiger charge is 2.19. The van der Waals surface area contributed by atoms with E-state index in [0.717, 1.165) is 16.3 Å². The Bertz CT molecular complexity index is 855. The number of aliphatic carboxylic acids is 1. The van der Waals surface area contributed by atoms with E-state index in [4.69, 9.17) is 4.42 Å². The Morgan fingerprint density at radius 1 is 1.08 bits per heavy atom. The molecule has 3 rings (SSSR count). The van der Waals surface area contributed by atoms with Gasteiger partial charge in [-0.15, -0.1) is 0 Å². The number of carbonyl (C=O) groups excluding carboxylic acids is 1. The smallest absolute Gasteiger partial charge is 0.308 e. The van der Waals surface area contributed by atoms with Crippen LogP contribution in [0.2, 0.25) is 0 Å². The Morgan fingerprint density at radius 2 is 1.88 bits per heavy atom. The molecule has 0 saturated heterocycles. The molecule has 122 valence electrons. The van der Waals surface area contributed by atoms with Gasteiger partial charge in [0.2, 0.25) is 0 Å². The Hall–Kier alpha value is -3.08. The Morgan fingerprint density at radius 3 is 2.58 bits per heavy atom. The first-order valence-electron chi connectivity index (χ1n) is 7.64. The van der Waals surface area contributed by atoms with Crippen LogP contribution in [0.3, 0.4) is 0 Å². The standard InChI is InChI=1S/C19H17NO4/c21-18(16-7-8-24-12-16)20-11-17(19(22)23)10-13-5-6-14-3-1-2-4-15(14)9-13/h1-9,12,17H,10-11H2,(H,20,21)(H,22,23)/t17-/m1/s1. The maximum atomic E-state index is 11.9. The van der Waals surface area contributed by atoms with Crippen molar-refractivity contribution in [2.75, 3.05) is 6.54 Å². The second-order valence-electron chi connectivity index (χ2n) is 5.64. The van der Waals surface area contributed by atoms with E-state index in [1.165, 1.54) is 18.6 Å². The molecule has 0 aliphatic heterocycles. The fourth-order valence-corrected chi connectivity index (χ4v) is 2.61. The van der Waals surface area contributed by atoms with Gasteiger partial charge in [-0.3, -0.25) is 9.59 Å². The van der Waals surface area contributed by atoms with Crippen LogP contribution in [-0.4, -0.2) is 23.5 Å². The van der Waals surface area contributed by atoms with Crippen LogP contribution in [0.5, 0.6) is 0 Å². The van der Waals surface area contributed by atoms with Gasteiger partial charge in [0.15, 0.2) is 0 Å². The normalized spacial score (nSPS) is 12.0. The van der Waals surface area contributed by atoms with Gasteiger partial charge in [0.05, 0.1) is 17.7 Å². The van der Waals surface area contributed by atoms with Gasteiger partial charge in [-0.25, -0.2) is 0 Å². The van der Waals surface area contributed by atoms with E-state index in [2.05, 4.69) is 5.32 Å². The largest absolute Gasteiger partial charge is 0.481 e. The molecule has 1 amide bonds. The first-order valence-corrected chi connectivity index (χ1v) is 7.64. The minimum absolute atomic E-state index is 0.0617. The van der Waals surface area contributed by atoms with E-state index < -0.39 is 11.9 Å². The molecule has 0 unspecified atom stereocenters. The molecule has 1 heterocycles. The average molecular weight is 323 g/mol. The van der Waals surface area contributed by atoms with Crippen molar-refractivity contribution >= 4 is 22.6 Å². The number of rotatable bonds is 6. The van der Waals surface area contributed by atoms with E-state index in [-0.39, 0.29) is 12.5 Å². The molecule has 5 heteroatoms. The van der Waals surface area contributed by atoms with Crippen molar-refractivity contribution in [3.8, 4) is 0 Å². The van der Waals surface area contributed by atoms with E-state index in [0.29, 0.717) is 12.0 Å². The van der Waals surface area contributed by atoms with E-state index in [1.807, 2.05) is 42.5 Å². The average Bonchev–Trinajstić information content (AvgIpc) is 3.12. The third-order valence-electron chi connectivity index (χ3n) is 3.94. The molecular formula is C19H17NO4. The van der Waals surface area contributed by atoms with Gasteiger partial charge >= 0.3 is 5.97 Å². The number of amides is 1. The van der Waals surface area contributed by atoms with Crippen LogP contribution in [0, 0.1) is 5.92 Å². The molecule has 0 aliphatic rings. The Kier molecular flexibility index (Phi) is 4.61. The van der Waals surface area contributed by atoms with E-state index in [9.17, 15) is 14.7 Å². The van der Waals surface area contributed by atoms with Gasteiger partial charge in [-0.05, 0) is 28.8 Å². The number of carboxylic acids is 1. The molecule has 2 aromatic carbocycles. The zero-order valence-corrected chi connectivity index (χ0v) is 12.9. The number of hydrogen-bond donors (Lipinski definition) is 2. The number of carbonyl (C=O) groups is 2. The molecule has 2 N–H and O–H groups in total. The molecule has 0 fully saturated rings. The topological polar surface area (TPSA) is 79.5 Å². The van der Waals surface area contributed by atoms with Gasteiger partial charge in [-0.1, -0.05) is 42.5 Å². The molecule has 0 aliphatic carbocycles. The summed E-state index contributed by atoms with van der Waals surface area (Å²) < 4.78 is 4.85. The molecule has 0 saturated carbocycles. The van der Waals surface area contributed by atoms with Crippen molar-refractivity contribution in [3.05, 3.63) is 72.2 Å². The summed E-state index contributed by atoms with van der Waals surface area (Å²) in [5.41, 5.74) is 1.31. The number of fused-ring (bicyclic) bond motifs is 1. The van der Waals surface area contributed by atoms with Crippen LogP contribution in [0.25, 0.3) is 10.8 Å². The van der Waals surface area contributed by atoms with Gasteiger partial charge in [0.1, 0.15) is 6.26 Å². The lowest BCUT2D eigenvalue weighted by atomic mass is 9.97. The Labute approximate surface area is 138 Å². The number of furan rings is 1. The summed E-state index contributed by atoms with van der Waals surface area (Å²) in [5, 5.41) is 14.2. The third-order valence-corrected chi connectivity index (χ3v) is 3.94. The first-order chi connectivity index (χ1) is 11.6. The molecule has 0 bridgehead atoms. The Balaban J connectivity index is 1.68. The van der Waals surface area contributed by atoms with Crippen LogP contribution in [0.15, 0.2) is 65.5 Å². The highest BCUT2D eigenvalue weighted by Crippen LogP contribution is 2.18. The van der Waals surface area contributed by atoms with Crippen LogP contribution in [0.4, 0.5) is 0 Å². The van der Waals surface area contributed by atoms with Crippen LogP contribution in [-0.2, 0) is 11.2 Å². The van der Waals surface area contributed by atoms with Gasteiger partial charge in [0, 0.05) is 6.54 Å². The van der Waals surface area contributed by atoms with Crippen molar-refractivity contribution in [3.63, 3.8) is 0 Å². The first kappa shape index (κ1) is 15.8. The molecular weight excluding hydrogens is 306 g/mol. The molecule has 24 heavy (non-hydrogen) atoms. The predicted octanol–water partition coefficient (Wildman–Crippen LogP) is 3.11. The number of nitrogens with one attached hydrogen (secondary N) is 1. The molecule has 5 nitrogen and oxygen atoms in total. The minimum atomic E-state index is -0.935. The second-order valence-corrected chi connectivity index (χ2v) is 5.64. The maximum Gasteiger partial charge on any atom is 0.308 e. The van der Waals surface area contributed by atoms with Gasteiger partial charge in [-0.2, -0.15) is 0 Å². The second kappa shape index (κ2) is 7.00. The zero-order chi connectivity index (χ0) is 16.9. The summed E-state index contributed by atoms with van der Waals surface area (Å²) in [6.45, 7) is 0.0617. The predicted molar refractivity (Wildman–Crippen MR) is 89.8 cm³/mol. The molecule has 0 spiro atoms. The van der Waals surface area contributed by atoms with Crippen molar-refractivity contribution in [2.45, 2.75) is 6.42 Å². The van der Waals surface area contributed by atoms with Crippen LogP contribution < -0.4 is 5.32 Å². The number of hydrogen-bond acceptors (Lipinski definition) is 3. The van der Waals surface area contributed by atoms with Crippen molar-refractivity contribution in [1.29, 1.82) is 0 Å². The number of carboxylic acid groups (broad SMARTS) is 1. The summed E-state index contributed by atoms with van der Waals surface area (Å²) in [6.07, 6.45) is 3.08. The maximum absolute atomic E-state index is 11.9. The highest BCUT2D eigenvalue weighted by molar-refractivity contribution is 5.94. The molecule has 0 radical (unpaired) electrons. The third kappa shape index (κ3) is 3.63. The molecule has 1 aromatic heterocycles. The SMILES string of the molecule is O=C(NC[C@@H](Cc1ccc2ccccc2c1)C(=O)O)c1ccoc1. The summed E-state index contributed by atoms with van der Waals surface area (Å²) in [6, 6.07) is 15.4. The molecule has 3 aromatic rings. The lowest BCUT2D eigenvalue weighted by Gasteiger charge is -2.13. The quantitative estimate of drug-likeness (QED) is 0.730. The van der Waals surface area contributed by atoms with Crippen LogP contribution >= 0.6 is 0 Å². The summed E-state index contributed by atoms with van der Waals surface area (Å²) >= 11 is 0. The summed E-state index contributed by atoms with van der Waals surface area (Å²) in [5.74, 6) is -1.97.